The minimum absolute atomic E-state index is 0.0337. The Labute approximate surface area is 230 Å². The number of nitrogens with zero attached hydrogens (tertiary/aromatic N) is 1. The summed E-state index contributed by atoms with van der Waals surface area (Å²) in [6.45, 7) is 9.42. The van der Waals surface area contributed by atoms with Gasteiger partial charge in [0.1, 0.15) is 17.6 Å². The van der Waals surface area contributed by atoms with Crippen molar-refractivity contribution >= 4 is 23.4 Å². The average Bonchev–Trinajstić information content (AvgIpc) is 2.82. The van der Waals surface area contributed by atoms with Crippen molar-refractivity contribution in [2.75, 3.05) is 20.3 Å². The monoisotopic (exact) mass is 540 g/mol. The number of carbonyl (C=O) groups is 2. The third kappa shape index (κ3) is 8.19. The van der Waals surface area contributed by atoms with Crippen LogP contribution in [0.3, 0.4) is 0 Å². The second-order valence-electron chi connectivity index (χ2n) is 11.0. The van der Waals surface area contributed by atoms with Crippen LogP contribution in [0.1, 0.15) is 68.4 Å². The summed E-state index contributed by atoms with van der Waals surface area (Å²) in [5, 5.41) is 19.6. The standard InChI is InChI=1S/C29H37ClN4O4/c1-28(2)16-21(17-29(3,4)34-28)33-27(36)20-9-11-25(23(30)15-20)38-24-8-6-7-19(22(24)18-31)10-12-26(35)32-13-14-37-5/h6-9,11,15,21,34H,10,12-14,16-17H2,1-5H3,(H,32,35)(H,33,36). The van der Waals surface area contributed by atoms with Gasteiger partial charge in [0, 0.05) is 42.8 Å². The lowest BCUT2D eigenvalue weighted by molar-refractivity contribution is -0.121. The summed E-state index contributed by atoms with van der Waals surface area (Å²) in [5.74, 6) is 0.354. The van der Waals surface area contributed by atoms with E-state index in [1.807, 2.05) is 0 Å². The predicted molar refractivity (Wildman–Crippen MR) is 148 cm³/mol. The second kappa shape index (κ2) is 12.6. The van der Waals surface area contributed by atoms with E-state index in [1.165, 1.54) is 0 Å². The van der Waals surface area contributed by atoms with Crippen LogP contribution >= 0.6 is 11.6 Å². The first-order chi connectivity index (χ1) is 17.9. The molecule has 0 saturated carbocycles. The predicted octanol–water partition coefficient (Wildman–Crippen LogP) is 4.74. The molecule has 0 spiro atoms. The topological polar surface area (TPSA) is 112 Å². The van der Waals surface area contributed by atoms with Gasteiger partial charge in [-0.2, -0.15) is 5.26 Å². The van der Waals surface area contributed by atoms with Crippen LogP contribution in [0.2, 0.25) is 5.02 Å². The van der Waals surface area contributed by atoms with Gasteiger partial charge in [-0.25, -0.2) is 0 Å². The lowest BCUT2D eigenvalue weighted by atomic mass is 9.79. The van der Waals surface area contributed by atoms with Gasteiger partial charge < -0.3 is 25.4 Å². The number of nitriles is 1. The van der Waals surface area contributed by atoms with E-state index < -0.39 is 0 Å². The SMILES string of the molecule is COCCNC(=O)CCc1cccc(Oc2ccc(C(=O)NC3CC(C)(C)NC(C)(C)C3)cc2Cl)c1C#N. The molecule has 2 amide bonds. The molecule has 2 aromatic rings. The molecule has 38 heavy (non-hydrogen) atoms. The zero-order valence-corrected chi connectivity index (χ0v) is 23.5. The molecule has 0 radical (unpaired) electrons. The molecule has 0 aromatic heterocycles. The molecule has 1 aliphatic heterocycles. The third-order valence-corrected chi connectivity index (χ3v) is 6.71. The van der Waals surface area contributed by atoms with E-state index in [9.17, 15) is 14.9 Å². The fourth-order valence-electron chi connectivity index (χ4n) is 5.16. The Morgan fingerprint density at radius 1 is 1.13 bits per heavy atom. The molecule has 0 atom stereocenters. The normalized spacial score (nSPS) is 16.3. The number of carbonyl (C=O) groups excluding carboxylic acids is 2. The molecule has 8 nitrogen and oxygen atoms in total. The number of rotatable bonds is 10. The zero-order chi connectivity index (χ0) is 27.9. The zero-order valence-electron chi connectivity index (χ0n) is 22.7. The van der Waals surface area contributed by atoms with E-state index in [0.29, 0.717) is 47.8 Å². The summed E-state index contributed by atoms with van der Waals surface area (Å²) in [5.41, 5.74) is 1.30. The quantitative estimate of drug-likeness (QED) is 0.375. The first-order valence-corrected chi connectivity index (χ1v) is 13.2. The maximum Gasteiger partial charge on any atom is 0.251 e. The van der Waals surface area contributed by atoms with Crippen molar-refractivity contribution in [1.82, 2.24) is 16.0 Å². The highest BCUT2D eigenvalue weighted by molar-refractivity contribution is 6.32. The Bertz CT molecular complexity index is 1190. The smallest absolute Gasteiger partial charge is 0.251 e. The van der Waals surface area contributed by atoms with Crippen LogP contribution in [-0.2, 0) is 16.0 Å². The van der Waals surface area contributed by atoms with E-state index in [0.717, 1.165) is 12.8 Å². The molecule has 1 heterocycles. The number of halogens is 1. The molecule has 9 heteroatoms. The number of hydrogen-bond donors (Lipinski definition) is 3. The fourth-order valence-corrected chi connectivity index (χ4v) is 5.38. The van der Waals surface area contributed by atoms with E-state index in [-0.39, 0.29) is 40.4 Å². The van der Waals surface area contributed by atoms with Crippen molar-refractivity contribution in [2.24, 2.45) is 0 Å². The van der Waals surface area contributed by atoms with E-state index >= 15 is 0 Å². The van der Waals surface area contributed by atoms with Crippen molar-refractivity contribution in [3.8, 4) is 17.6 Å². The number of amides is 2. The van der Waals surface area contributed by atoms with Gasteiger partial charge >= 0.3 is 0 Å². The molecule has 0 aliphatic carbocycles. The number of benzene rings is 2. The molecule has 204 valence electrons. The van der Waals surface area contributed by atoms with Gasteiger partial charge in [-0.15, -0.1) is 0 Å². The molecule has 3 N–H and O–H groups in total. The van der Waals surface area contributed by atoms with Crippen LogP contribution in [0.4, 0.5) is 0 Å². The van der Waals surface area contributed by atoms with Crippen LogP contribution in [0.25, 0.3) is 0 Å². The Kier molecular flexibility index (Phi) is 9.77. The maximum absolute atomic E-state index is 13.0. The number of aryl methyl sites for hydroxylation is 1. The first-order valence-electron chi connectivity index (χ1n) is 12.8. The summed E-state index contributed by atoms with van der Waals surface area (Å²) in [6.07, 6.45) is 2.26. The summed E-state index contributed by atoms with van der Waals surface area (Å²) in [7, 11) is 1.57. The molecule has 1 saturated heterocycles. The van der Waals surface area contributed by atoms with Gasteiger partial charge in [-0.3, -0.25) is 9.59 Å². The van der Waals surface area contributed by atoms with Crippen LogP contribution in [0, 0.1) is 11.3 Å². The second-order valence-corrected chi connectivity index (χ2v) is 11.4. The van der Waals surface area contributed by atoms with Crippen LogP contribution in [0.5, 0.6) is 11.5 Å². The maximum atomic E-state index is 13.0. The van der Waals surface area contributed by atoms with Gasteiger partial charge in [0.2, 0.25) is 5.91 Å². The number of hydrogen-bond acceptors (Lipinski definition) is 6. The van der Waals surface area contributed by atoms with Crippen LogP contribution in [0.15, 0.2) is 36.4 Å². The Morgan fingerprint density at radius 2 is 1.84 bits per heavy atom. The van der Waals surface area contributed by atoms with E-state index in [2.05, 4.69) is 49.7 Å². The molecule has 1 fully saturated rings. The average molecular weight is 541 g/mol. The first kappa shape index (κ1) is 29.4. The van der Waals surface area contributed by atoms with Crippen LogP contribution < -0.4 is 20.7 Å². The highest BCUT2D eigenvalue weighted by Gasteiger charge is 2.38. The summed E-state index contributed by atoms with van der Waals surface area (Å²) in [4.78, 5) is 25.1. The highest BCUT2D eigenvalue weighted by atomic mass is 35.5. The Morgan fingerprint density at radius 3 is 2.47 bits per heavy atom. The molecule has 3 rings (SSSR count). The van der Waals surface area contributed by atoms with Gasteiger partial charge in [0.05, 0.1) is 17.2 Å². The lowest BCUT2D eigenvalue weighted by Crippen LogP contribution is -2.62. The van der Waals surface area contributed by atoms with Crippen molar-refractivity contribution in [2.45, 2.75) is 70.5 Å². The molecule has 0 unspecified atom stereocenters. The van der Waals surface area contributed by atoms with Gasteiger partial charge in [-0.1, -0.05) is 23.7 Å². The summed E-state index contributed by atoms with van der Waals surface area (Å²) in [6, 6.07) is 12.3. The Hall–Kier alpha value is -3.12. The highest BCUT2D eigenvalue weighted by Crippen LogP contribution is 2.34. The lowest BCUT2D eigenvalue weighted by Gasteiger charge is -2.46. The minimum atomic E-state index is -0.194. The van der Waals surface area contributed by atoms with Crippen molar-refractivity contribution in [3.63, 3.8) is 0 Å². The van der Waals surface area contributed by atoms with Crippen molar-refractivity contribution in [1.29, 1.82) is 5.26 Å². The van der Waals surface area contributed by atoms with Gasteiger partial charge in [-0.05, 0) is 76.8 Å². The number of nitrogens with one attached hydrogen (secondary N) is 3. The molecular formula is C29H37ClN4O4. The largest absolute Gasteiger partial charge is 0.454 e. The summed E-state index contributed by atoms with van der Waals surface area (Å²) >= 11 is 6.49. The molecule has 2 aromatic carbocycles. The van der Waals surface area contributed by atoms with E-state index in [1.54, 1.807) is 43.5 Å². The Balaban J connectivity index is 1.68. The van der Waals surface area contributed by atoms with Crippen molar-refractivity contribution < 1.29 is 19.1 Å². The van der Waals surface area contributed by atoms with Gasteiger partial charge in [0.15, 0.2) is 0 Å². The molecule has 0 bridgehead atoms. The van der Waals surface area contributed by atoms with Gasteiger partial charge in [0.25, 0.3) is 5.91 Å². The van der Waals surface area contributed by atoms with Crippen LogP contribution in [-0.4, -0.2) is 49.2 Å². The summed E-state index contributed by atoms with van der Waals surface area (Å²) < 4.78 is 10.9. The number of methoxy groups -OCH3 is 1. The number of piperidine rings is 1. The van der Waals surface area contributed by atoms with E-state index in [4.69, 9.17) is 21.1 Å². The molecule has 1 aliphatic rings. The number of ether oxygens (including phenoxy) is 2. The molecular weight excluding hydrogens is 504 g/mol. The fraction of sp³-hybridized carbons (Fsp3) is 0.483. The third-order valence-electron chi connectivity index (χ3n) is 6.41. The van der Waals surface area contributed by atoms with Crippen molar-refractivity contribution in [3.05, 3.63) is 58.1 Å². The minimum Gasteiger partial charge on any atom is -0.454 e.